The molecule has 0 aromatic heterocycles. The summed E-state index contributed by atoms with van der Waals surface area (Å²) < 4.78 is 0. The third-order valence-electron chi connectivity index (χ3n) is 2.85. The molecule has 17 heavy (non-hydrogen) atoms. The van der Waals surface area contributed by atoms with Crippen molar-refractivity contribution in [3.8, 4) is 11.1 Å². The number of benzene rings is 2. The van der Waals surface area contributed by atoms with Gasteiger partial charge >= 0.3 is 0 Å². The number of nitrogen functional groups attached to an aromatic ring is 2. The minimum atomic E-state index is 0.475. The molecule has 0 heterocycles. The molecule has 0 saturated heterocycles. The Kier molecular flexibility index (Phi) is 3.02. The molecule has 0 aliphatic heterocycles. The van der Waals surface area contributed by atoms with Gasteiger partial charge in [-0.2, -0.15) is 0 Å². The number of nitrogens with two attached hydrogens (primary N) is 3. The topological polar surface area (TPSA) is 78.1 Å². The summed E-state index contributed by atoms with van der Waals surface area (Å²) in [7, 11) is 0. The van der Waals surface area contributed by atoms with Crippen LogP contribution in [0.4, 0.5) is 11.4 Å². The standard InChI is InChI=1S/C14H17N3/c1-9-2-5-12(14(17)6-9)13-7-11(16)4-3-10(13)8-15/h2-7H,8,15-17H2,1H3. The van der Waals surface area contributed by atoms with Crippen molar-refractivity contribution in [1.29, 1.82) is 0 Å². The fourth-order valence-electron chi connectivity index (χ4n) is 1.95. The summed E-state index contributed by atoms with van der Waals surface area (Å²) in [4.78, 5) is 0. The van der Waals surface area contributed by atoms with Gasteiger partial charge in [0.2, 0.25) is 0 Å². The lowest BCUT2D eigenvalue weighted by Gasteiger charge is -2.12. The van der Waals surface area contributed by atoms with Gasteiger partial charge in [0.25, 0.3) is 0 Å². The molecule has 0 atom stereocenters. The van der Waals surface area contributed by atoms with Crippen molar-refractivity contribution in [2.45, 2.75) is 13.5 Å². The van der Waals surface area contributed by atoms with E-state index in [4.69, 9.17) is 17.2 Å². The average Bonchev–Trinajstić information content (AvgIpc) is 2.29. The van der Waals surface area contributed by atoms with Gasteiger partial charge in [0.05, 0.1) is 0 Å². The Morgan fingerprint density at radius 2 is 1.71 bits per heavy atom. The molecular formula is C14H17N3. The summed E-state index contributed by atoms with van der Waals surface area (Å²) in [5, 5.41) is 0. The highest BCUT2D eigenvalue weighted by Crippen LogP contribution is 2.31. The van der Waals surface area contributed by atoms with E-state index in [1.165, 1.54) is 0 Å². The van der Waals surface area contributed by atoms with Crippen LogP contribution < -0.4 is 17.2 Å². The predicted molar refractivity (Wildman–Crippen MR) is 73.3 cm³/mol. The van der Waals surface area contributed by atoms with Crippen molar-refractivity contribution in [2.75, 3.05) is 11.5 Å². The molecule has 2 aromatic carbocycles. The van der Waals surface area contributed by atoms with Crippen LogP contribution >= 0.6 is 0 Å². The maximum atomic E-state index is 6.05. The number of hydrogen-bond acceptors (Lipinski definition) is 3. The van der Waals surface area contributed by atoms with Crippen LogP contribution in [0.2, 0.25) is 0 Å². The van der Waals surface area contributed by atoms with Crippen LogP contribution in [-0.2, 0) is 6.54 Å². The molecule has 0 fully saturated rings. The van der Waals surface area contributed by atoms with Gasteiger partial charge in [0, 0.05) is 23.5 Å². The van der Waals surface area contributed by atoms with Crippen LogP contribution in [0.5, 0.6) is 0 Å². The van der Waals surface area contributed by atoms with E-state index in [0.29, 0.717) is 6.54 Å². The molecule has 88 valence electrons. The zero-order valence-corrected chi connectivity index (χ0v) is 9.90. The van der Waals surface area contributed by atoms with Gasteiger partial charge < -0.3 is 17.2 Å². The van der Waals surface area contributed by atoms with E-state index in [2.05, 4.69) is 0 Å². The van der Waals surface area contributed by atoms with Gasteiger partial charge in [-0.1, -0.05) is 18.2 Å². The molecule has 0 amide bonds. The number of anilines is 2. The minimum Gasteiger partial charge on any atom is -0.399 e. The quantitative estimate of drug-likeness (QED) is 0.689. The highest BCUT2D eigenvalue weighted by molar-refractivity contribution is 5.80. The van der Waals surface area contributed by atoms with Crippen molar-refractivity contribution >= 4 is 11.4 Å². The van der Waals surface area contributed by atoms with Gasteiger partial charge in [0.15, 0.2) is 0 Å². The van der Waals surface area contributed by atoms with Gasteiger partial charge in [-0.15, -0.1) is 0 Å². The van der Waals surface area contributed by atoms with E-state index < -0.39 is 0 Å². The molecule has 3 heteroatoms. The maximum absolute atomic E-state index is 6.05. The third-order valence-corrected chi connectivity index (χ3v) is 2.85. The van der Waals surface area contributed by atoms with Crippen LogP contribution in [0, 0.1) is 6.92 Å². The van der Waals surface area contributed by atoms with E-state index in [0.717, 1.165) is 33.6 Å². The summed E-state index contributed by atoms with van der Waals surface area (Å²) in [6.45, 7) is 2.49. The minimum absolute atomic E-state index is 0.475. The summed E-state index contributed by atoms with van der Waals surface area (Å²) in [6, 6.07) is 11.7. The summed E-state index contributed by atoms with van der Waals surface area (Å²) in [5.41, 5.74) is 23.3. The van der Waals surface area contributed by atoms with E-state index in [1.807, 2.05) is 43.3 Å². The second-order valence-electron chi connectivity index (χ2n) is 4.21. The van der Waals surface area contributed by atoms with Crippen LogP contribution in [0.1, 0.15) is 11.1 Å². The first-order chi connectivity index (χ1) is 8.11. The lowest BCUT2D eigenvalue weighted by atomic mass is 9.96. The highest BCUT2D eigenvalue weighted by Gasteiger charge is 2.07. The fraction of sp³-hybridized carbons (Fsp3) is 0.143. The highest BCUT2D eigenvalue weighted by atomic mass is 14.6. The van der Waals surface area contributed by atoms with E-state index in [9.17, 15) is 0 Å². The summed E-state index contributed by atoms with van der Waals surface area (Å²) >= 11 is 0. The molecule has 0 saturated carbocycles. The molecule has 0 radical (unpaired) electrons. The van der Waals surface area contributed by atoms with E-state index >= 15 is 0 Å². The second-order valence-corrected chi connectivity index (χ2v) is 4.21. The molecule has 0 aliphatic carbocycles. The molecular weight excluding hydrogens is 210 g/mol. The lowest BCUT2D eigenvalue weighted by molar-refractivity contribution is 1.07. The van der Waals surface area contributed by atoms with Gasteiger partial charge in [-0.3, -0.25) is 0 Å². The SMILES string of the molecule is Cc1ccc(-c2cc(N)ccc2CN)c(N)c1. The first kappa shape index (κ1) is 11.5. The van der Waals surface area contributed by atoms with Crippen molar-refractivity contribution in [3.63, 3.8) is 0 Å². The molecule has 2 rings (SSSR count). The zero-order chi connectivity index (χ0) is 12.4. The molecule has 0 bridgehead atoms. The average molecular weight is 227 g/mol. The Labute approximate surface area is 101 Å². The predicted octanol–water partition coefficient (Wildman–Crippen LogP) is 2.29. The van der Waals surface area contributed by atoms with Crippen molar-refractivity contribution in [2.24, 2.45) is 5.73 Å². The normalized spacial score (nSPS) is 10.5. The van der Waals surface area contributed by atoms with Crippen LogP contribution in [0.3, 0.4) is 0 Å². The Morgan fingerprint density at radius 3 is 2.35 bits per heavy atom. The zero-order valence-electron chi connectivity index (χ0n) is 9.90. The number of hydrogen-bond donors (Lipinski definition) is 3. The van der Waals surface area contributed by atoms with Gasteiger partial charge in [-0.25, -0.2) is 0 Å². The Bertz CT molecular complexity index is 547. The summed E-state index contributed by atoms with van der Waals surface area (Å²) in [6.07, 6.45) is 0. The van der Waals surface area contributed by atoms with Crippen LogP contribution in [0.25, 0.3) is 11.1 Å². The monoisotopic (exact) mass is 227 g/mol. The van der Waals surface area contributed by atoms with Crippen molar-refractivity contribution < 1.29 is 0 Å². The summed E-state index contributed by atoms with van der Waals surface area (Å²) in [5.74, 6) is 0. The molecule has 0 aliphatic rings. The molecule has 3 nitrogen and oxygen atoms in total. The van der Waals surface area contributed by atoms with Crippen molar-refractivity contribution in [3.05, 3.63) is 47.5 Å². The second kappa shape index (κ2) is 4.47. The van der Waals surface area contributed by atoms with Gasteiger partial charge in [-0.05, 0) is 41.8 Å². The fourth-order valence-corrected chi connectivity index (χ4v) is 1.95. The molecule has 2 aromatic rings. The smallest absolute Gasteiger partial charge is 0.0396 e. The molecule has 0 spiro atoms. The van der Waals surface area contributed by atoms with Crippen LogP contribution in [-0.4, -0.2) is 0 Å². The first-order valence-corrected chi connectivity index (χ1v) is 5.57. The first-order valence-electron chi connectivity index (χ1n) is 5.57. The van der Waals surface area contributed by atoms with Gasteiger partial charge in [0.1, 0.15) is 0 Å². The molecule has 0 unspecified atom stereocenters. The maximum Gasteiger partial charge on any atom is 0.0396 e. The van der Waals surface area contributed by atoms with Crippen molar-refractivity contribution in [1.82, 2.24) is 0 Å². The Morgan fingerprint density at radius 1 is 0.941 bits per heavy atom. The lowest BCUT2D eigenvalue weighted by Crippen LogP contribution is -2.01. The Balaban J connectivity index is 2.62. The van der Waals surface area contributed by atoms with Crippen LogP contribution in [0.15, 0.2) is 36.4 Å². The number of aryl methyl sites for hydroxylation is 1. The molecule has 6 N–H and O–H groups in total. The third kappa shape index (κ3) is 2.24. The Hall–Kier alpha value is -2.00. The largest absolute Gasteiger partial charge is 0.399 e. The van der Waals surface area contributed by atoms with E-state index in [-0.39, 0.29) is 0 Å². The van der Waals surface area contributed by atoms with E-state index in [1.54, 1.807) is 0 Å². The number of rotatable bonds is 2.